The predicted molar refractivity (Wildman–Crippen MR) is 34.5 cm³/mol. The fourth-order valence-corrected chi connectivity index (χ4v) is 1.86. The van der Waals surface area contributed by atoms with Crippen LogP contribution in [0.2, 0.25) is 0 Å². The summed E-state index contributed by atoms with van der Waals surface area (Å²) >= 11 is 0. The lowest BCUT2D eigenvalue weighted by atomic mass is 10.0. The van der Waals surface area contributed by atoms with Crippen LogP contribution in [-0.2, 0) is 4.74 Å². The van der Waals surface area contributed by atoms with Gasteiger partial charge in [0.25, 0.3) is 0 Å². The third kappa shape index (κ3) is 0.856. The molecular weight excluding hydrogens is 132 g/mol. The van der Waals surface area contributed by atoms with Crippen LogP contribution in [-0.4, -0.2) is 35.1 Å². The SMILES string of the molecule is OCC[C@@H]1[C@@H]2O[C@@H]2C[C@@H]1O. The van der Waals surface area contributed by atoms with Crippen molar-refractivity contribution in [2.24, 2.45) is 5.92 Å². The summed E-state index contributed by atoms with van der Waals surface area (Å²) in [6.45, 7) is 0.161. The van der Waals surface area contributed by atoms with Crippen LogP contribution in [0.4, 0.5) is 0 Å². The zero-order chi connectivity index (χ0) is 7.14. The van der Waals surface area contributed by atoms with Gasteiger partial charge in [0.2, 0.25) is 0 Å². The van der Waals surface area contributed by atoms with E-state index in [4.69, 9.17) is 9.84 Å². The molecule has 0 aromatic heterocycles. The number of epoxide rings is 1. The molecule has 1 saturated carbocycles. The number of ether oxygens (including phenoxy) is 1. The molecule has 58 valence electrons. The first-order valence-electron chi connectivity index (χ1n) is 3.77. The third-order valence-corrected chi connectivity index (χ3v) is 2.47. The van der Waals surface area contributed by atoms with Crippen LogP contribution in [0, 0.1) is 5.92 Å². The van der Waals surface area contributed by atoms with Crippen LogP contribution in [0.5, 0.6) is 0 Å². The summed E-state index contributed by atoms with van der Waals surface area (Å²) in [6, 6.07) is 0. The summed E-state index contributed by atoms with van der Waals surface area (Å²) < 4.78 is 5.22. The zero-order valence-electron chi connectivity index (χ0n) is 5.73. The summed E-state index contributed by atoms with van der Waals surface area (Å²) in [5.74, 6) is 0.204. The molecule has 0 amide bonds. The van der Waals surface area contributed by atoms with E-state index in [9.17, 15) is 5.11 Å². The lowest BCUT2D eigenvalue weighted by Crippen LogP contribution is -2.20. The van der Waals surface area contributed by atoms with E-state index in [2.05, 4.69) is 0 Å². The molecule has 2 fully saturated rings. The highest BCUT2D eigenvalue weighted by atomic mass is 16.6. The van der Waals surface area contributed by atoms with Crippen LogP contribution >= 0.6 is 0 Å². The molecule has 4 atom stereocenters. The van der Waals surface area contributed by atoms with Crippen molar-refractivity contribution in [2.75, 3.05) is 6.61 Å². The van der Waals surface area contributed by atoms with Gasteiger partial charge < -0.3 is 14.9 Å². The van der Waals surface area contributed by atoms with Gasteiger partial charge in [-0.15, -0.1) is 0 Å². The maximum atomic E-state index is 9.33. The van der Waals surface area contributed by atoms with Gasteiger partial charge in [0.1, 0.15) is 0 Å². The second-order valence-corrected chi connectivity index (χ2v) is 3.12. The second kappa shape index (κ2) is 2.19. The lowest BCUT2D eigenvalue weighted by Gasteiger charge is -2.14. The van der Waals surface area contributed by atoms with E-state index < -0.39 is 0 Å². The number of rotatable bonds is 2. The van der Waals surface area contributed by atoms with Crippen molar-refractivity contribution >= 4 is 0 Å². The molecule has 0 spiro atoms. The Morgan fingerprint density at radius 3 is 2.80 bits per heavy atom. The minimum Gasteiger partial charge on any atom is -0.396 e. The first-order chi connectivity index (χ1) is 4.83. The van der Waals surface area contributed by atoms with Crippen molar-refractivity contribution < 1.29 is 14.9 Å². The van der Waals surface area contributed by atoms with Crippen LogP contribution in [0.1, 0.15) is 12.8 Å². The summed E-state index contributed by atoms with van der Waals surface area (Å²) in [5, 5.41) is 17.9. The second-order valence-electron chi connectivity index (χ2n) is 3.12. The van der Waals surface area contributed by atoms with Crippen molar-refractivity contribution in [2.45, 2.75) is 31.2 Å². The summed E-state index contributed by atoms with van der Waals surface area (Å²) in [7, 11) is 0. The summed E-state index contributed by atoms with van der Waals surface area (Å²) in [6.07, 6.45) is 1.81. The van der Waals surface area contributed by atoms with E-state index >= 15 is 0 Å². The van der Waals surface area contributed by atoms with Gasteiger partial charge in [-0.2, -0.15) is 0 Å². The molecule has 0 radical (unpaired) electrons. The van der Waals surface area contributed by atoms with Gasteiger partial charge >= 0.3 is 0 Å². The number of hydrogen-bond acceptors (Lipinski definition) is 3. The van der Waals surface area contributed by atoms with Crippen LogP contribution < -0.4 is 0 Å². The predicted octanol–water partition coefficient (Wildman–Crippen LogP) is -0.483. The van der Waals surface area contributed by atoms with Crippen LogP contribution in [0.25, 0.3) is 0 Å². The van der Waals surface area contributed by atoms with E-state index in [1.54, 1.807) is 0 Å². The summed E-state index contributed by atoms with van der Waals surface area (Å²) in [4.78, 5) is 0. The molecule has 1 aliphatic carbocycles. The molecule has 10 heavy (non-hydrogen) atoms. The molecule has 1 heterocycles. The van der Waals surface area contributed by atoms with Gasteiger partial charge in [-0.1, -0.05) is 0 Å². The van der Waals surface area contributed by atoms with E-state index in [1.807, 2.05) is 0 Å². The summed E-state index contributed by atoms with van der Waals surface area (Å²) in [5.41, 5.74) is 0. The highest BCUT2D eigenvalue weighted by Gasteiger charge is 2.54. The molecule has 0 aromatic carbocycles. The molecule has 3 nitrogen and oxygen atoms in total. The van der Waals surface area contributed by atoms with E-state index in [-0.39, 0.29) is 24.7 Å². The van der Waals surface area contributed by atoms with Gasteiger partial charge in [-0.3, -0.25) is 0 Å². The topological polar surface area (TPSA) is 53.0 Å². The highest BCUT2D eigenvalue weighted by molar-refractivity contribution is 5.02. The van der Waals surface area contributed by atoms with Gasteiger partial charge in [-0.25, -0.2) is 0 Å². The first-order valence-corrected chi connectivity index (χ1v) is 3.77. The Morgan fingerprint density at radius 1 is 1.50 bits per heavy atom. The van der Waals surface area contributed by atoms with Crippen molar-refractivity contribution in [1.29, 1.82) is 0 Å². The van der Waals surface area contributed by atoms with Gasteiger partial charge in [0, 0.05) is 18.9 Å². The molecular formula is C7H12O3. The van der Waals surface area contributed by atoms with Crippen molar-refractivity contribution in [3.63, 3.8) is 0 Å². The number of aliphatic hydroxyl groups excluding tert-OH is 2. The Morgan fingerprint density at radius 2 is 2.30 bits per heavy atom. The largest absolute Gasteiger partial charge is 0.396 e. The van der Waals surface area contributed by atoms with Crippen LogP contribution in [0.15, 0.2) is 0 Å². The monoisotopic (exact) mass is 144 g/mol. The number of fused-ring (bicyclic) bond motifs is 1. The maximum absolute atomic E-state index is 9.33. The number of hydrogen-bond donors (Lipinski definition) is 2. The van der Waals surface area contributed by atoms with E-state index in [1.165, 1.54) is 0 Å². The van der Waals surface area contributed by atoms with Crippen molar-refractivity contribution in [3.8, 4) is 0 Å². The van der Waals surface area contributed by atoms with E-state index in [0.29, 0.717) is 12.5 Å². The standard InChI is InChI=1S/C7H12O3/c8-2-1-4-5(9)3-6-7(4)10-6/h4-9H,1-3H2/t4-,5-,6+,7-/m0/s1. The average molecular weight is 144 g/mol. The molecule has 1 aliphatic heterocycles. The number of aliphatic hydroxyl groups is 2. The Balaban J connectivity index is 1.92. The highest BCUT2D eigenvalue weighted by Crippen LogP contribution is 2.44. The Hall–Kier alpha value is -0.120. The van der Waals surface area contributed by atoms with E-state index in [0.717, 1.165) is 6.42 Å². The molecule has 1 saturated heterocycles. The van der Waals surface area contributed by atoms with Crippen LogP contribution in [0.3, 0.4) is 0 Å². The fraction of sp³-hybridized carbons (Fsp3) is 1.00. The minimum atomic E-state index is -0.226. The first kappa shape index (κ1) is 6.58. The molecule has 0 aromatic rings. The molecule has 2 N–H and O–H groups in total. The molecule has 0 bridgehead atoms. The lowest BCUT2D eigenvalue weighted by molar-refractivity contribution is 0.0605. The quantitative estimate of drug-likeness (QED) is 0.514. The average Bonchev–Trinajstić information content (AvgIpc) is 2.57. The fourth-order valence-electron chi connectivity index (χ4n) is 1.86. The molecule has 2 aliphatic rings. The molecule has 0 unspecified atom stereocenters. The van der Waals surface area contributed by atoms with Gasteiger partial charge in [-0.05, 0) is 6.42 Å². The van der Waals surface area contributed by atoms with Crippen molar-refractivity contribution in [3.05, 3.63) is 0 Å². The third-order valence-electron chi connectivity index (χ3n) is 2.47. The molecule has 2 rings (SSSR count). The minimum absolute atomic E-state index is 0.161. The van der Waals surface area contributed by atoms with Gasteiger partial charge in [0.05, 0.1) is 18.3 Å². The Labute approximate surface area is 59.6 Å². The zero-order valence-corrected chi connectivity index (χ0v) is 5.73. The Kier molecular flexibility index (Phi) is 1.44. The van der Waals surface area contributed by atoms with Gasteiger partial charge in [0.15, 0.2) is 0 Å². The molecule has 3 heteroatoms. The van der Waals surface area contributed by atoms with Crippen molar-refractivity contribution in [1.82, 2.24) is 0 Å². The maximum Gasteiger partial charge on any atom is 0.0896 e. The Bertz CT molecular complexity index is 135. The normalized spacial score (nSPS) is 51.0. The smallest absolute Gasteiger partial charge is 0.0896 e.